The molecule has 0 atom stereocenters. The summed E-state index contributed by atoms with van der Waals surface area (Å²) in [5.74, 6) is 2.34. The van der Waals surface area contributed by atoms with Crippen LogP contribution in [0.3, 0.4) is 0 Å². The maximum Gasteiger partial charge on any atom is 0.123 e. The van der Waals surface area contributed by atoms with E-state index in [1.165, 1.54) is 12.1 Å². The highest BCUT2D eigenvalue weighted by atomic mass is 35.5. The Hall–Kier alpha value is -1.98. The number of hydrogen-bond acceptors (Lipinski definition) is 1. The number of terminal acetylenes is 1. The number of benzene rings is 2. The van der Waals surface area contributed by atoms with Crippen molar-refractivity contribution < 1.29 is 4.39 Å². The second-order valence-corrected chi connectivity index (χ2v) is 4.85. The van der Waals surface area contributed by atoms with Gasteiger partial charge in [-0.15, -0.1) is 6.42 Å². The highest BCUT2D eigenvalue weighted by Crippen LogP contribution is 2.23. The maximum atomic E-state index is 13.3. The summed E-state index contributed by atoms with van der Waals surface area (Å²) in [4.78, 5) is 2.10. The molecule has 0 aliphatic carbocycles. The van der Waals surface area contributed by atoms with Gasteiger partial charge in [-0.25, -0.2) is 4.39 Å². The lowest BCUT2D eigenvalue weighted by Gasteiger charge is -2.24. The molecular weight excluding hydrogens is 273 g/mol. The van der Waals surface area contributed by atoms with Gasteiger partial charge in [-0.3, -0.25) is 0 Å². The van der Waals surface area contributed by atoms with E-state index in [0.717, 1.165) is 23.4 Å². The van der Waals surface area contributed by atoms with Crippen LogP contribution in [0, 0.1) is 18.2 Å². The third kappa shape index (κ3) is 3.31. The van der Waals surface area contributed by atoms with Gasteiger partial charge in [0.15, 0.2) is 0 Å². The Labute approximate surface area is 124 Å². The van der Waals surface area contributed by atoms with Gasteiger partial charge in [0.05, 0.1) is 0 Å². The molecule has 0 heterocycles. The van der Waals surface area contributed by atoms with Gasteiger partial charge < -0.3 is 4.90 Å². The fourth-order valence-corrected chi connectivity index (χ4v) is 2.23. The van der Waals surface area contributed by atoms with Crippen LogP contribution in [0.4, 0.5) is 10.1 Å². The summed E-state index contributed by atoms with van der Waals surface area (Å²) in [6.07, 6.45) is 5.42. The van der Waals surface area contributed by atoms with Gasteiger partial charge in [0, 0.05) is 29.4 Å². The molecule has 0 aliphatic rings. The smallest absolute Gasteiger partial charge is 0.123 e. The molecule has 2 rings (SSSR count). The van der Waals surface area contributed by atoms with Gasteiger partial charge in [-0.1, -0.05) is 23.6 Å². The number of hydrogen-bond donors (Lipinski definition) is 0. The first-order chi connectivity index (χ1) is 9.63. The minimum absolute atomic E-state index is 0.280. The Kier molecular flexibility index (Phi) is 4.65. The number of nitrogens with zero attached hydrogens (tertiary/aromatic N) is 1. The van der Waals surface area contributed by atoms with Crippen molar-refractivity contribution in [1.82, 2.24) is 0 Å². The van der Waals surface area contributed by atoms with E-state index in [1.807, 2.05) is 31.2 Å². The number of halogens is 2. The van der Waals surface area contributed by atoms with Crippen LogP contribution < -0.4 is 4.90 Å². The lowest BCUT2D eigenvalue weighted by atomic mass is 10.1. The normalized spacial score (nSPS) is 10.1. The molecule has 0 bridgehead atoms. The third-order valence-corrected chi connectivity index (χ3v) is 3.50. The van der Waals surface area contributed by atoms with Crippen LogP contribution in [0.25, 0.3) is 0 Å². The molecular formula is C17H15ClFN. The largest absolute Gasteiger partial charge is 0.367 e. The molecule has 0 saturated carbocycles. The van der Waals surface area contributed by atoms with E-state index in [-0.39, 0.29) is 5.82 Å². The highest BCUT2D eigenvalue weighted by molar-refractivity contribution is 6.31. The summed E-state index contributed by atoms with van der Waals surface area (Å²) in [5.41, 5.74) is 2.59. The Morgan fingerprint density at radius 1 is 1.25 bits per heavy atom. The van der Waals surface area contributed by atoms with E-state index in [9.17, 15) is 4.39 Å². The van der Waals surface area contributed by atoms with E-state index < -0.39 is 0 Å². The summed E-state index contributed by atoms with van der Waals surface area (Å²) >= 11 is 6.12. The zero-order valence-electron chi connectivity index (χ0n) is 11.2. The molecule has 0 aromatic heterocycles. The molecule has 0 spiro atoms. The van der Waals surface area contributed by atoms with Gasteiger partial charge in [-0.05, 0) is 48.9 Å². The second-order valence-electron chi connectivity index (χ2n) is 4.44. The van der Waals surface area contributed by atoms with Crippen molar-refractivity contribution in [2.24, 2.45) is 0 Å². The summed E-state index contributed by atoms with van der Waals surface area (Å²) < 4.78 is 13.3. The number of anilines is 1. The molecule has 0 aliphatic heterocycles. The SMILES string of the molecule is C#Cc1cccc(N(CC)Cc2cc(F)ccc2Cl)c1. The predicted octanol–water partition coefficient (Wildman–Crippen LogP) is 4.49. The summed E-state index contributed by atoms with van der Waals surface area (Å²) in [6.45, 7) is 3.36. The molecule has 0 N–H and O–H groups in total. The maximum absolute atomic E-state index is 13.3. The molecule has 0 unspecified atom stereocenters. The minimum Gasteiger partial charge on any atom is -0.367 e. The van der Waals surface area contributed by atoms with Crippen molar-refractivity contribution in [3.05, 3.63) is 64.4 Å². The fourth-order valence-electron chi connectivity index (χ4n) is 2.05. The minimum atomic E-state index is -0.280. The van der Waals surface area contributed by atoms with Crippen molar-refractivity contribution in [3.63, 3.8) is 0 Å². The number of rotatable bonds is 4. The van der Waals surface area contributed by atoms with Gasteiger partial charge in [0.2, 0.25) is 0 Å². The van der Waals surface area contributed by atoms with Gasteiger partial charge in [0.1, 0.15) is 5.82 Å². The molecule has 0 radical (unpaired) electrons. The molecule has 3 heteroatoms. The van der Waals surface area contributed by atoms with Crippen LogP contribution in [0.5, 0.6) is 0 Å². The van der Waals surface area contributed by atoms with Crippen molar-refractivity contribution in [2.75, 3.05) is 11.4 Å². The van der Waals surface area contributed by atoms with Crippen LogP contribution in [0.2, 0.25) is 5.02 Å². The molecule has 0 amide bonds. The highest BCUT2D eigenvalue weighted by Gasteiger charge is 2.09. The van der Waals surface area contributed by atoms with Crippen LogP contribution in [0.15, 0.2) is 42.5 Å². The van der Waals surface area contributed by atoms with Crippen LogP contribution in [-0.4, -0.2) is 6.54 Å². The average Bonchev–Trinajstić information content (AvgIpc) is 2.48. The fraction of sp³-hybridized carbons (Fsp3) is 0.176. The molecule has 20 heavy (non-hydrogen) atoms. The van der Waals surface area contributed by atoms with E-state index >= 15 is 0 Å². The summed E-state index contributed by atoms with van der Waals surface area (Å²) in [7, 11) is 0. The Balaban J connectivity index is 2.29. The van der Waals surface area contributed by atoms with Crippen molar-refractivity contribution in [1.29, 1.82) is 0 Å². The first-order valence-corrected chi connectivity index (χ1v) is 6.77. The summed E-state index contributed by atoms with van der Waals surface area (Å²) in [5, 5.41) is 0.568. The van der Waals surface area contributed by atoms with Crippen molar-refractivity contribution >= 4 is 17.3 Å². The van der Waals surface area contributed by atoms with Crippen LogP contribution >= 0.6 is 11.6 Å². The Bertz CT molecular complexity index is 646. The van der Waals surface area contributed by atoms with Gasteiger partial charge >= 0.3 is 0 Å². The molecule has 0 fully saturated rings. The molecule has 102 valence electrons. The topological polar surface area (TPSA) is 3.24 Å². The monoisotopic (exact) mass is 287 g/mol. The zero-order chi connectivity index (χ0) is 14.5. The average molecular weight is 288 g/mol. The Morgan fingerprint density at radius 2 is 2.05 bits per heavy atom. The molecule has 0 saturated heterocycles. The lowest BCUT2D eigenvalue weighted by molar-refractivity contribution is 0.624. The lowest BCUT2D eigenvalue weighted by Crippen LogP contribution is -2.22. The first-order valence-electron chi connectivity index (χ1n) is 6.39. The van der Waals surface area contributed by atoms with Gasteiger partial charge in [0.25, 0.3) is 0 Å². The molecule has 1 nitrogen and oxygen atoms in total. The van der Waals surface area contributed by atoms with E-state index in [1.54, 1.807) is 6.07 Å². The van der Waals surface area contributed by atoms with E-state index in [4.69, 9.17) is 18.0 Å². The second kappa shape index (κ2) is 6.45. The van der Waals surface area contributed by atoms with E-state index in [2.05, 4.69) is 10.8 Å². The first kappa shape index (κ1) is 14.4. The van der Waals surface area contributed by atoms with Crippen LogP contribution in [0.1, 0.15) is 18.1 Å². The quantitative estimate of drug-likeness (QED) is 0.749. The van der Waals surface area contributed by atoms with E-state index in [0.29, 0.717) is 11.6 Å². The van der Waals surface area contributed by atoms with Gasteiger partial charge in [-0.2, -0.15) is 0 Å². The Morgan fingerprint density at radius 3 is 2.75 bits per heavy atom. The molecule has 2 aromatic rings. The zero-order valence-corrected chi connectivity index (χ0v) is 12.0. The van der Waals surface area contributed by atoms with Crippen molar-refractivity contribution in [3.8, 4) is 12.3 Å². The van der Waals surface area contributed by atoms with Crippen LogP contribution in [-0.2, 0) is 6.54 Å². The van der Waals surface area contributed by atoms with Crippen molar-refractivity contribution in [2.45, 2.75) is 13.5 Å². The standard InChI is InChI=1S/C17H15ClFN/c1-3-13-6-5-7-16(10-13)20(4-2)12-14-11-15(19)8-9-17(14)18/h1,5-11H,4,12H2,2H3. The molecule has 2 aromatic carbocycles. The summed E-state index contributed by atoms with van der Waals surface area (Å²) in [6, 6.07) is 12.1. The third-order valence-electron chi connectivity index (χ3n) is 3.13. The predicted molar refractivity (Wildman–Crippen MR) is 82.5 cm³/mol.